The van der Waals surface area contributed by atoms with Crippen molar-refractivity contribution in [3.8, 4) is 0 Å². The van der Waals surface area contributed by atoms with E-state index in [1.54, 1.807) is 0 Å². The van der Waals surface area contributed by atoms with Gasteiger partial charge in [-0.25, -0.2) is 0 Å². The minimum atomic E-state index is 0. The van der Waals surface area contributed by atoms with E-state index in [9.17, 15) is 0 Å². The monoisotopic (exact) mass is 269 g/mol. The number of halogens is 1. The summed E-state index contributed by atoms with van der Waals surface area (Å²) in [4.78, 5) is 0. The molecule has 1 nitrogen and oxygen atoms in total. The molecule has 104 valence electrons. The molecule has 0 heterocycles. The van der Waals surface area contributed by atoms with Gasteiger partial charge in [-0.2, -0.15) is 0 Å². The highest BCUT2D eigenvalue weighted by molar-refractivity contribution is 5.85. The Morgan fingerprint density at radius 1 is 0.833 bits per heavy atom. The molecule has 18 heavy (non-hydrogen) atoms. The molecule has 0 atom stereocenters. The Morgan fingerprint density at radius 2 is 1.17 bits per heavy atom. The predicted molar refractivity (Wildman–Crippen MR) is 84.7 cm³/mol. The maximum atomic E-state index is 6.06. The zero-order chi connectivity index (χ0) is 13.3. The molecule has 2 N–H and O–H groups in total. The highest BCUT2D eigenvalue weighted by Gasteiger charge is 2.23. The Morgan fingerprint density at radius 3 is 1.44 bits per heavy atom. The van der Waals surface area contributed by atoms with Crippen LogP contribution in [-0.4, -0.2) is 0 Å². The van der Waals surface area contributed by atoms with Crippen molar-refractivity contribution in [3.05, 3.63) is 29.3 Å². The van der Waals surface area contributed by atoms with Crippen LogP contribution >= 0.6 is 12.4 Å². The Hall–Kier alpha value is -0.690. The van der Waals surface area contributed by atoms with Gasteiger partial charge in [0.15, 0.2) is 0 Å². The van der Waals surface area contributed by atoms with Crippen molar-refractivity contribution in [1.82, 2.24) is 0 Å². The fourth-order valence-corrected chi connectivity index (χ4v) is 1.84. The lowest BCUT2D eigenvalue weighted by Gasteiger charge is -2.29. The molecule has 0 unspecified atom stereocenters. The van der Waals surface area contributed by atoms with E-state index in [-0.39, 0.29) is 23.2 Å². The van der Waals surface area contributed by atoms with Crippen LogP contribution in [-0.2, 0) is 10.8 Å². The molecule has 0 aliphatic rings. The molecule has 0 saturated carbocycles. The minimum Gasteiger partial charge on any atom is -0.399 e. The van der Waals surface area contributed by atoms with Gasteiger partial charge in [0.25, 0.3) is 0 Å². The van der Waals surface area contributed by atoms with E-state index in [1.165, 1.54) is 11.1 Å². The first kappa shape index (κ1) is 17.3. The van der Waals surface area contributed by atoms with Gasteiger partial charge < -0.3 is 5.73 Å². The molecule has 0 spiro atoms. The molecule has 0 aromatic heterocycles. The van der Waals surface area contributed by atoms with Crippen LogP contribution in [0.15, 0.2) is 18.2 Å². The van der Waals surface area contributed by atoms with Gasteiger partial charge in [0.1, 0.15) is 0 Å². The Kier molecular flexibility index (Phi) is 5.74. The molecule has 0 bridgehead atoms. The average molecular weight is 270 g/mol. The Balaban J connectivity index is 0.00000289. The van der Waals surface area contributed by atoms with E-state index in [4.69, 9.17) is 5.73 Å². The highest BCUT2D eigenvalue weighted by atomic mass is 35.5. The molecule has 0 aliphatic carbocycles. The summed E-state index contributed by atoms with van der Waals surface area (Å²) in [6.45, 7) is 13.6. The number of anilines is 1. The van der Waals surface area contributed by atoms with Crippen molar-refractivity contribution in [2.75, 3.05) is 5.73 Å². The second-order valence-corrected chi connectivity index (χ2v) is 6.32. The topological polar surface area (TPSA) is 26.0 Å². The van der Waals surface area contributed by atoms with Crippen molar-refractivity contribution in [2.24, 2.45) is 0 Å². The number of hydrogen-bond donors (Lipinski definition) is 1. The van der Waals surface area contributed by atoms with E-state index in [0.29, 0.717) is 0 Å². The molecular weight excluding hydrogens is 242 g/mol. The molecule has 0 radical (unpaired) electrons. The fraction of sp³-hybridized carbons (Fsp3) is 0.625. The molecule has 0 fully saturated rings. The quantitative estimate of drug-likeness (QED) is 0.759. The van der Waals surface area contributed by atoms with Crippen molar-refractivity contribution in [1.29, 1.82) is 0 Å². The van der Waals surface area contributed by atoms with E-state index in [2.05, 4.69) is 59.7 Å². The molecule has 2 heteroatoms. The summed E-state index contributed by atoms with van der Waals surface area (Å²) < 4.78 is 0. The lowest BCUT2D eigenvalue weighted by Crippen LogP contribution is -2.20. The van der Waals surface area contributed by atoms with Gasteiger partial charge in [-0.15, -0.1) is 12.4 Å². The molecule has 0 amide bonds. The van der Waals surface area contributed by atoms with Gasteiger partial charge in [0, 0.05) is 5.69 Å². The van der Waals surface area contributed by atoms with Crippen molar-refractivity contribution in [3.63, 3.8) is 0 Å². The van der Waals surface area contributed by atoms with Crippen LogP contribution in [0.4, 0.5) is 5.69 Å². The number of benzene rings is 1. The Bertz CT molecular complexity index is 360. The predicted octanol–water partition coefficient (Wildman–Crippen LogP) is 5.07. The summed E-state index contributed by atoms with van der Waals surface area (Å²) in [5.41, 5.74) is 10.1. The van der Waals surface area contributed by atoms with Crippen molar-refractivity contribution in [2.45, 2.75) is 65.2 Å². The maximum Gasteiger partial charge on any atom is 0.0319 e. The molecular formula is C16H28ClN. The zero-order valence-electron chi connectivity index (χ0n) is 12.6. The van der Waals surface area contributed by atoms with Crippen molar-refractivity contribution >= 4 is 18.1 Å². The van der Waals surface area contributed by atoms with Crippen LogP contribution in [0.25, 0.3) is 0 Å². The minimum absolute atomic E-state index is 0. The Labute approximate surface area is 119 Å². The third-order valence-corrected chi connectivity index (χ3v) is 4.29. The summed E-state index contributed by atoms with van der Waals surface area (Å²) in [5.74, 6) is 0. The van der Waals surface area contributed by atoms with E-state index >= 15 is 0 Å². The van der Waals surface area contributed by atoms with E-state index < -0.39 is 0 Å². The van der Waals surface area contributed by atoms with E-state index in [1.807, 2.05) is 0 Å². The number of nitrogen functional groups attached to an aromatic ring is 1. The second kappa shape index (κ2) is 5.97. The standard InChI is InChI=1S/C16H27N.ClH/c1-7-15(3,4)12-9-13(11-14(17)10-12)16(5,6)8-2;/h9-11H,7-8,17H2,1-6H3;1H. The summed E-state index contributed by atoms with van der Waals surface area (Å²) in [7, 11) is 0. The van der Waals surface area contributed by atoms with Crippen LogP contribution in [0, 0.1) is 0 Å². The lowest BCUT2D eigenvalue weighted by atomic mass is 9.76. The SMILES string of the molecule is CCC(C)(C)c1cc(N)cc(C(C)(C)CC)c1.Cl. The normalized spacial score (nSPS) is 12.1. The largest absolute Gasteiger partial charge is 0.399 e. The number of hydrogen-bond acceptors (Lipinski definition) is 1. The van der Waals surface area contributed by atoms with Gasteiger partial charge in [0.2, 0.25) is 0 Å². The van der Waals surface area contributed by atoms with E-state index in [0.717, 1.165) is 18.5 Å². The molecule has 0 aliphatic heterocycles. The second-order valence-electron chi connectivity index (χ2n) is 6.32. The van der Waals surface area contributed by atoms with Crippen LogP contribution in [0.5, 0.6) is 0 Å². The molecule has 0 saturated heterocycles. The fourth-order valence-electron chi connectivity index (χ4n) is 1.84. The van der Waals surface area contributed by atoms with Gasteiger partial charge in [-0.3, -0.25) is 0 Å². The summed E-state index contributed by atoms with van der Waals surface area (Å²) in [6.07, 6.45) is 2.25. The van der Waals surface area contributed by atoms with Crippen LogP contribution in [0.2, 0.25) is 0 Å². The maximum absolute atomic E-state index is 6.06. The summed E-state index contributed by atoms with van der Waals surface area (Å²) in [6, 6.07) is 6.58. The molecule has 1 aromatic carbocycles. The first-order valence-electron chi connectivity index (χ1n) is 6.64. The highest BCUT2D eigenvalue weighted by Crippen LogP contribution is 2.34. The zero-order valence-corrected chi connectivity index (χ0v) is 13.4. The van der Waals surface area contributed by atoms with Crippen LogP contribution in [0.1, 0.15) is 65.5 Å². The lowest BCUT2D eigenvalue weighted by molar-refractivity contribution is 0.489. The average Bonchev–Trinajstić information content (AvgIpc) is 2.28. The first-order chi connectivity index (χ1) is 7.73. The summed E-state index contributed by atoms with van der Waals surface area (Å²) in [5, 5.41) is 0. The number of nitrogens with two attached hydrogens (primary N) is 1. The van der Waals surface area contributed by atoms with Gasteiger partial charge in [0.05, 0.1) is 0 Å². The van der Waals surface area contributed by atoms with Gasteiger partial charge >= 0.3 is 0 Å². The molecule has 1 rings (SSSR count). The third-order valence-electron chi connectivity index (χ3n) is 4.29. The van der Waals surface area contributed by atoms with Gasteiger partial charge in [-0.1, -0.05) is 47.6 Å². The van der Waals surface area contributed by atoms with Crippen LogP contribution in [0.3, 0.4) is 0 Å². The summed E-state index contributed by atoms with van der Waals surface area (Å²) >= 11 is 0. The number of rotatable bonds is 4. The smallest absolute Gasteiger partial charge is 0.0319 e. The van der Waals surface area contributed by atoms with Crippen molar-refractivity contribution < 1.29 is 0 Å². The molecule has 1 aromatic rings. The first-order valence-corrected chi connectivity index (χ1v) is 6.64. The van der Waals surface area contributed by atoms with Gasteiger partial charge in [-0.05, 0) is 46.9 Å². The third kappa shape index (κ3) is 3.65. The van der Waals surface area contributed by atoms with Crippen LogP contribution < -0.4 is 5.73 Å².